The van der Waals surface area contributed by atoms with Gasteiger partial charge in [0.2, 0.25) is 0 Å². The Balaban J connectivity index is 1.08. The molecule has 0 aliphatic rings. The van der Waals surface area contributed by atoms with E-state index in [2.05, 4.69) is 216 Å². The van der Waals surface area contributed by atoms with Gasteiger partial charge >= 0.3 is 0 Å². The fraction of sp³-hybridized carbons (Fsp3) is 0. The second kappa shape index (κ2) is 12.5. The summed E-state index contributed by atoms with van der Waals surface area (Å²) in [5.74, 6) is 0. The molecule has 0 radical (unpaired) electrons. The zero-order valence-corrected chi connectivity index (χ0v) is 28.5. The van der Waals surface area contributed by atoms with Crippen molar-refractivity contribution < 1.29 is 0 Å². The van der Waals surface area contributed by atoms with Crippen LogP contribution >= 0.6 is 0 Å². The van der Waals surface area contributed by atoms with E-state index in [9.17, 15) is 0 Å². The summed E-state index contributed by atoms with van der Waals surface area (Å²) in [5, 5.41) is 7.55. The summed E-state index contributed by atoms with van der Waals surface area (Å²) in [6.45, 7) is 0. The van der Waals surface area contributed by atoms with Crippen LogP contribution in [0.15, 0.2) is 206 Å². The number of rotatable bonds is 6. The summed E-state index contributed by atoms with van der Waals surface area (Å²) in [6, 6.07) is 74.5. The molecule has 10 aromatic rings. The number of hydrogen-bond acceptors (Lipinski definition) is 1. The van der Waals surface area contributed by atoms with Crippen LogP contribution in [0.4, 0.5) is 17.1 Å². The molecule has 0 aliphatic heterocycles. The molecule has 0 saturated carbocycles. The first-order valence-corrected chi connectivity index (χ1v) is 17.9. The average Bonchev–Trinajstić information content (AvgIpc) is 3.57. The van der Waals surface area contributed by atoms with Gasteiger partial charge in [-0.15, -0.1) is 0 Å². The molecule has 0 saturated heterocycles. The van der Waals surface area contributed by atoms with Crippen molar-refractivity contribution in [2.75, 3.05) is 4.90 Å². The molecule has 1 heterocycles. The smallest absolute Gasteiger partial charge is 0.0547 e. The van der Waals surface area contributed by atoms with E-state index < -0.39 is 0 Å². The van der Waals surface area contributed by atoms with Gasteiger partial charge in [0.25, 0.3) is 0 Å². The maximum Gasteiger partial charge on any atom is 0.0547 e. The molecule has 0 bridgehead atoms. The van der Waals surface area contributed by atoms with Gasteiger partial charge in [0, 0.05) is 33.2 Å². The lowest BCUT2D eigenvalue weighted by Gasteiger charge is -2.27. The van der Waals surface area contributed by atoms with Crippen LogP contribution in [0.1, 0.15) is 0 Å². The van der Waals surface area contributed by atoms with Crippen molar-refractivity contribution >= 4 is 60.4 Å². The van der Waals surface area contributed by atoms with Gasteiger partial charge < -0.3 is 9.47 Å². The minimum Gasteiger partial charge on any atom is -0.310 e. The molecule has 1 aromatic heterocycles. The summed E-state index contributed by atoms with van der Waals surface area (Å²) < 4.78 is 2.41. The van der Waals surface area contributed by atoms with Crippen molar-refractivity contribution in [3.63, 3.8) is 0 Å². The Hall–Kier alpha value is -6.90. The molecular weight excluding hydrogens is 629 g/mol. The Labute approximate surface area is 303 Å². The normalized spacial score (nSPS) is 11.5. The van der Waals surface area contributed by atoms with Crippen LogP contribution in [0.5, 0.6) is 0 Å². The lowest BCUT2D eigenvalue weighted by molar-refractivity contribution is 1.18. The van der Waals surface area contributed by atoms with E-state index in [-0.39, 0.29) is 0 Å². The van der Waals surface area contributed by atoms with Crippen LogP contribution in [0.3, 0.4) is 0 Å². The van der Waals surface area contributed by atoms with Crippen LogP contribution in [-0.4, -0.2) is 4.57 Å². The molecule has 2 heteroatoms. The summed E-state index contributed by atoms with van der Waals surface area (Å²) in [4.78, 5) is 2.37. The maximum atomic E-state index is 2.41. The van der Waals surface area contributed by atoms with Crippen LogP contribution in [0.2, 0.25) is 0 Å². The highest BCUT2D eigenvalue weighted by Gasteiger charge is 2.18. The molecule has 0 amide bonds. The Morgan fingerprint density at radius 2 is 0.904 bits per heavy atom. The molecule has 0 fully saturated rings. The molecule has 0 atom stereocenters. The van der Waals surface area contributed by atoms with E-state index in [0.29, 0.717) is 0 Å². The first-order valence-electron chi connectivity index (χ1n) is 17.9. The molecule has 0 N–H and O–H groups in total. The van der Waals surface area contributed by atoms with Crippen molar-refractivity contribution in [2.45, 2.75) is 0 Å². The van der Waals surface area contributed by atoms with Gasteiger partial charge in [-0.25, -0.2) is 0 Å². The van der Waals surface area contributed by atoms with Gasteiger partial charge in [0.15, 0.2) is 0 Å². The topological polar surface area (TPSA) is 8.17 Å². The number of benzene rings is 9. The van der Waals surface area contributed by atoms with E-state index in [4.69, 9.17) is 0 Å². The zero-order valence-electron chi connectivity index (χ0n) is 28.5. The molecular formula is C50H34N2. The highest BCUT2D eigenvalue weighted by molar-refractivity contribution is 6.21. The van der Waals surface area contributed by atoms with Gasteiger partial charge in [-0.1, -0.05) is 152 Å². The Morgan fingerprint density at radius 3 is 1.67 bits per heavy atom. The average molecular weight is 663 g/mol. The Morgan fingerprint density at radius 1 is 0.327 bits per heavy atom. The first kappa shape index (κ1) is 30.0. The minimum atomic E-state index is 1.12. The van der Waals surface area contributed by atoms with Gasteiger partial charge in [0.1, 0.15) is 0 Å². The third-order valence-corrected chi connectivity index (χ3v) is 10.4. The maximum absolute atomic E-state index is 2.41. The minimum absolute atomic E-state index is 1.12. The monoisotopic (exact) mass is 662 g/mol. The van der Waals surface area contributed by atoms with Crippen molar-refractivity contribution in [2.24, 2.45) is 0 Å². The van der Waals surface area contributed by atoms with Crippen LogP contribution < -0.4 is 4.90 Å². The molecule has 0 aliphatic carbocycles. The molecule has 0 spiro atoms. The predicted molar refractivity (Wildman–Crippen MR) is 221 cm³/mol. The molecule has 0 unspecified atom stereocenters. The van der Waals surface area contributed by atoms with Crippen molar-refractivity contribution in [3.8, 4) is 27.9 Å². The van der Waals surface area contributed by atoms with Crippen LogP contribution in [-0.2, 0) is 0 Å². The zero-order chi connectivity index (χ0) is 34.4. The summed E-state index contributed by atoms with van der Waals surface area (Å²) in [6.07, 6.45) is 0. The number of anilines is 3. The van der Waals surface area contributed by atoms with Crippen molar-refractivity contribution in [3.05, 3.63) is 206 Å². The van der Waals surface area contributed by atoms with E-state index >= 15 is 0 Å². The fourth-order valence-corrected chi connectivity index (χ4v) is 7.98. The Bertz CT molecular complexity index is 2870. The number of hydrogen-bond donors (Lipinski definition) is 0. The predicted octanol–water partition coefficient (Wildman–Crippen LogP) is 13.9. The van der Waals surface area contributed by atoms with Crippen molar-refractivity contribution in [1.29, 1.82) is 0 Å². The molecule has 52 heavy (non-hydrogen) atoms. The number of para-hydroxylation sites is 2. The van der Waals surface area contributed by atoms with Crippen LogP contribution in [0.25, 0.3) is 71.3 Å². The SMILES string of the molecule is c1ccc(-c2ccc(N(c3ccccc3)c3ccc(-c4ccc(-n5c6ccccc6c6c7ccccc7ccc65)cc4)c4ccccc34)cc2)cc1. The lowest BCUT2D eigenvalue weighted by atomic mass is 9.96. The van der Waals surface area contributed by atoms with E-state index in [0.717, 1.165) is 22.7 Å². The van der Waals surface area contributed by atoms with E-state index in [1.54, 1.807) is 0 Å². The molecule has 244 valence electrons. The fourth-order valence-electron chi connectivity index (χ4n) is 7.98. The highest BCUT2D eigenvalue weighted by Crippen LogP contribution is 2.43. The van der Waals surface area contributed by atoms with Crippen LogP contribution in [0, 0.1) is 0 Å². The number of nitrogens with zero attached hydrogens (tertiary/aromatic N) is 2. The molecule has 9 aromatic carbocycles. The largest absolute Gasteiger partial charge is 0.310 e. The molecule has 2 nitrogen and oxygen atoms in total. The van der Waals surface area contributed by atoms with Gasteiger partial charge in [-0.3, -0.25) is 0 Å². The van der Waals surface area contributed by atoms with E-state index in [1.165, 1.54) is 65.6 Å². The van der Waals surface area contributed by atoms with E-state index in [1.807, 2.05) is 0 Å². The quantitative estimate of drug-likeness (QED) is 0.172. The van der Waals surface area contributed by atoms with Crippen molar-refractivity contribution in [1.82, 2.24) is 4.57 Å². The lowest BCUT2D eigenvalue weighted by Crippen LogP contribution is -2.10. The number of aromatic nitrogens is 1. The number of fused-ring (bicyclic) bond motifs is 6. The third-order valence-electron chi connectivity index (χ3n) is 10.4. The summed E-state index contributed by atoms with van der Waals surface area (Å²) in [5.41, 5.74) is 11.8. The van der Waals surface area contributed by atoms with Gasteiger partial charge in [0.05, 0.1) is 16.7 Å². The molecule has 10 rings (SSSR count). The second-order valence-corrected chi connectivity index (χ2v) is 13.3. The first-order chi connectivity index (χ1) is 25.8. The third kappa shape index (κ3) is 4.96. The van der Waals surface area contributed by atoms with Gasteiger partial charge in [-0.2, -0.15) is 0 Å². The summed E-state index contributed by atoms with van der Waals surface area (Å²) in [7, 11) is 0. The second-order valence-electron chi connectivity index (χ2n) is 13.3. The highest BCUT2D eigenvalue weighted by atomic mass is 15.1. The Kier molecular flexibility index (Phi) is 7.18. The van der Waals surface area contributed by atoms with Gasteiger partial charge in [-0.05, 0) is 93.0 Å². The summed E-state index contributed by atoms with van der Waals surface area (Å²) >= 11 is 0. The standard InChI is InChI=1S/C50H34N2/c1-3-13-35(14-4-1)36-23-28-40(29-24-36)51(39-16-5-2-6-17-39)48-34-32-42(44-19-9-10-20-45(44)48)38-25-30-41(31-26-38)52-47-22-12-11-21-46(47)50-43-18-8-7-15-37(43)27-33-49(50)52/h1-34H.